The van der Waals surface area contributed by atoms with Gasteiger partial charge in [0.1, 0.15) is 15.4 Å². The number of halogens is 1. The van der Waals surface area contributed by atoms with Crippen LogP contribution in [0.25, 0.3) is 0 Å². The molecule has 0 aliphatic heterocycles. The average molecular weight is 280 g/mol. The molecule has 94 valence electrons. The van der Waals surface area contributed by atoms with Crippen molar-refractivity contribution in [1.29, 1.82) is 0 Å². The van der Waals surface area contributed by atoms with Crippen molar-refractivity contribution in [2.75, 3.05) is 0 Å². The van der Waals surface area contributed by atoms with Gasteiger partial charge in [-0.2, -0.15) is 0 Å². The van der Waals surface area contributed by atoms with Crippen molar-refractivity contribution in [3.05, 3.63) is 50.9 Å². The van der Waals surface area contributed by atoms with Crippen LogP contribution in [-0.2, 0) is 0 Å². The standard InChI is InChI=1S/C14H14ClNOS/c15-12-8-16-14(18-12)13(17)11-7-2-1-6-10(11)9-4-3-5-9/h1-2,6-9,13,17H,3-5H2. The molecule has 1 aliphatic rings. The summed E-state index contributed by atoms with van der Waals surface area (Å²) in [6.45, 7) is 0. The molecular weight excluding hydrogens is 266 g/mol. The summed E-state index contributed by atoms with van der Waals surface area (Å²) in [6, 6.07) is 8.12. The van der Waals surface area contributed by atoms with E-state index in [2.05, 4.69) is 11.1 Å². The fourth-order valence-corrected chi connectivity index (χ4v) is 3.31. The van der Waals surface area contributed by atoms with E-state index in [4.69, 9.17) is 11.6 Å². The first-order valence-corrected chi connectivity index (χ1v) is 7.33. The highest BCUT2D eigenvalue weighted by molar-refractivity contribution is 7.15. The fourth-order valence-electron chi connectivity index (χ4n) is 2.38. The van der Waals surface area contributed by atoms with Crippen molar-refractivity contribution < 1.29 is 5.11 Å². The van der Waals surface area contributed by atoms with Crippen LogP contribution < -0.4 is 0 Å². The van der Waals surface area contributed by atoms with Crippen LogP contribution in [0.3, 0.4) is 0 Å². The molecule has 1 saturated carbocycles. The first-order chi connectivity index (χ1) is 8.75. The maximum Gasteiger partial charge on any atom is 0.131 e. The van der Waals surface area contributed by atoms with Crippen LogP contribution in [0.4, 0.5) is 0 Å². The molecule has 1 aromatic heterocycles. The first kappa shape index (κ1) is 12.2. The van der Waals surface area contributed by atoms with Crippen molar-refractivity contribution >= 4 is 22.9 Å². The molecule has 4 heteroatoms. The van der Waals surface area contributed by atoms with Crippen molar-refractivity contribution in [3.63, 3.8) is 0 Å². The Balaban J connectivity index is 1.95. The summed E-state index contributed by atoms with van der Waals surface area (Å²) in [7, 11) is 0. The van der Waals surface area contributed by atoms with E-state index in [0.29, 0.717) is 15.3 Å². The van der Waals surface area contributed by atoms with Crippen molar-refractivity contribution in [2.24, 2.45) is 0 Å². The lowest BCUT2D eigenvalue weighted by Gasteiger charge is -2.28. The molecule has 1 fully saturated rings. The number of nitrogens with zero attached hydrogens (tertiary/aromatic N) is 1. The number of aliphatic hydroxyl groups excluding tert-OH is 1. The highest BCUT2D eigenvalue weighted by atomic mass is 35.5. The molecule has 2 nitrogen and oxygen atoms in total. The maximum absolute atomic E-state index is 10.4. The molecular formula is C14H14ClNOS. The third-order valence-corrected chi connectivity index (χ3v) is 4.73. The Morgan fingerprint density at radius 2 is 2.11 bits per heavy atom. The van der Waals surface area contributed by atoms with Crippen LogP contribution in [0.5, 0.6) is 0 Å². The molecule has 3 rings (SSSR count). The smallest absolute Gasteiger partial charge is 0.131 e. The Bertz CT molecular complexity index is 550. The van der Waals surface area contributed by atoms with Gasteiger partial charge in [-0.1, -0.05) is 42.3 Å². The van der Waals surface area contributed by atoms with E-state index in [1.54, 1.807) is 6.20 Å². The van der Waals surface area contributed by atoms with Gasteiger partial charge in [-0.05, 0) is 29.9 Å². The van der Waals surface area contributed by atoms with Gasteiger partial charge in [0.25, 0.3) is 0 Å². The predicted molar refractivity (Wildman–Crippen MR) is 74.2 cm³/mol. The van der Waals surface area contributed by atoms with Crippen LogP contribution in [0.1, 0.15) is 47.4 Å². The SMILES string of the molecule is OC(c1ncc(Cl)s1)c1ccccc1C1CCC1. The van der Waals surface area contributed by atoms with E-state index >= 15 is 0 Å². The average Bonchev–Trinajstić information content (AvgIpc) is 2.74. The van der Waals surface area contributed by atoms with Crippen LogP contribution in [0.2, 0.25) is 4.34 Å². The number of aromatic nitrogens is 1. The summed E-state index contributed by atoms with van der Waals surface area (Å²) in [5.74, 6) is 0.603. The van der Waals surface area contributed by atoms with Gasteiger partial charge >= 0.3 is 0 Å². The number of hydrogen-bond acceptors (Lipinski definition) is 3. The summed E-state index contributed by atoms with van der Waals surface area (Å²) in [6.07, 6.45) is 4.68. The summed E-state index contributed by atoms with van der Waals surface area (Å²) < 4.78 is 0.616. The zero-order chi connectivity index (χ0) is 12.5. The van der Waals surface area contributed by atoms with Crippen molar-refractivity contribution in [1.82, 2.24) is 4.98 Å². The van der Waals surface area contributed by atoms with Gasteiger partial charge in [-0.3, -0.25) is 0 Å². The summed E-state index contributed by atoms with van der Waals surface area (Å²) >= 11 is 7.22. The van der Waals surface area contributed by atoms with E-state index in [9.17, 15) is 5.11 Å². The highest BCUT2D eigenvalue weighted by Crippen LogP contribution is 2.41. The van der Waals surface area contributed by atoms with E-state index < -0.39 is 6.10 Å². The molecule has 1 heterocycles. The van der Waals surface area contributed by atoms with E-state index in [0.717, 1.165) is 5.56 Å². The summed E-state index contributed by atoms with van der Waals surface area (Å²) in [5.41, 5.74) is 2.25. The minimum atomic E-state index is -0.653. The van der Waals surface area contributed by atoms with Crippen LogP contribution in [-0.4, -0.2) is 10.1 Å². The molecule has 1 aromatic carbocycles. The predicted octanol–water partition coefficient (Wildman–Crippen LogP) is 4.15. The van der Waals surface area contributed by atoms with Crippen LogP contribution in [0, 0.1) is 0 Å². The normalized spacial score (nSPS) is 17.4. The van der Waals surface area contributed by atoms with E-state index in [1.165, 1.54) is 36.2 Å². The molecule has 0 bridgehead atoms. The van der Waals surface area contributed by atoms with Crippen molar-refractivity contribution in [3.8, 4) is 0 Å². The Hall–Kier alpha value is -0.900. The number of thiazole rings is 1. The molecule has 0 spiro atoms. The second-order valence-electron chi connectivity index (χ2n) is 4.66. The summed E-state index contributed by atoms with van der Waals surface area (Å²) in [5, 5.41) is 11.1. The third kappa shape index (κ3) is 2.18. The highest BCUT2D eigenvalue weighted by Gasteiger charge is 2.25. The van der Waals surface area contributed by atoms with E-state index in [-0.39, 0.29) is 0 Å². The number of aliphatic hydroxyl groups is 1. The lowest BCUT2D eigenvalue weighted by Crippen LogP contribution is -2.13. The molecule has 1 N–H and O–H groups in total. The van der Waals surface area contributed by atoms with Gasteiger partial charge in [-0.15, -0.1) is 11.3 Å². The number of rotatable bonds is 3. The molecule has 1 unspecified atom stereocenters. The van der Waals surface area contributed by atoms with Gasteiger partial charge in [0.15, 0.2) is 0 Å². The lowest BCUT2D eigenvalue weighted by molar-refractivity contribution is 0.216. The van der Waals surface area contributed by atoms with Gasteiger partial charge < -0.3 is 5.11 Å². The molecule has 1 atom stereocenters. The second kappa shape index (κ2) is 5.00. The van der Waals surface area contributed by atoms with Gasteiger partial charge in [0.05, 0.1) is 6.20 Å². The zero-order valence-corrected chi connectivity index (χ0v) is 11.4. The molecule has 0 saturated heterocycles. The zero-order valence-electron chi connectivity index (χ0n) is 9.84. The summed E-state index contributed by atoms with van der Waals surface area (Å²) in [4.78, 5) is 4.17. The van der Waals surface area contributed by atoms with E-state index in [1.807, 2.05) is 18.2 Å². The lowest BCUT2D eigenvalue weighted by atomic mass is 9.77. The van der Waals surface area contributed by atoms with Crippen molar-refractivity contribution in [2.45, 2.75) is 31.3 Å². The largest absolute Gasteiger partial charge is 0.381 e. The second-order valence-corrected chi connectivity index (χ2v) is 6.36. The minimum Gasteiger partial charge on any atom is -0.381 e. The molecule has 0 radical (unpaired) electrons. The maximum atomic E-state index is 10.4. The molecule has 0 amide bonds. The number of hydrogen-bond donors (Lipinski definition) is 1. The molecule has 18 heavy (non-hydrogen) atoms. The Labute approximate surface area is 115 Å². The minimum absolute atomic E-state index is 0.603. The van der Waals surface area contributed by atoms with Crippen LogP contribution >= 0.6 is 22.9 Å². The Morgan fingerprint density at radius 3 is 2.72 bits per heavy atom. The topological polar surface area (TPSA) is 33.1 Å². The molecule has 1 aliphatic carbocycles. The first-order valence-electron chi connectivity index (χ1n) is 6.14. The Kier molecular flexibility index (Phi) is 3.37. The van der Waals surface area contributed by atoms with Gasteiger partial charge in [0.2, 0.25) is 0 Å². The quantitative estimate of drug-likeness (QED) is 0.916. The van der Waals surface area contributed by atoms with Gasteiger partial charge in [0, 0.05) is 0 Å². The van der Waals surface area contributed by atoms with Crippen LogP contribution in [0.15, 0.2) is 30.5 Å². The number of benzene rings is 1. The molecule has 2 aromatic rings. The Morgan fingerprint density at radius 1 is 1.33 bits per heavy atom. The fraction of sp³-hybridized carbons (Fsp3) is 0.357. The third-order valence-electron chi connectivity index (χ3n) is 3.56. The van der Waals surface area contributed by atoms with Gasteiger partial charge in [-0.25, -0.2) is 4.98 Å². The monoisotopic (exact) mass is 279 g/mol.